The molecular formula is C20H27N3O3. The van der Waals surface area contributed by atoms with Gasteiger partial charge in [-0.1, -0.05) is 6.42 Å². The van der Waals surface area contributed by atoms with Crippen molar-refractivity contribution in [3.63, 3.8) is 0 Å². The quantitative estimate of drug-likeness (QED) is 0.858. The minimum Gasteiger partial charge on any atom is -0.441 e. The molecule has 2 bridgehead atoms. The van der Waals surface area contributed by atoms with Crippen molar-refractivity contribution in [1.82, 2.24) is 4.98 Å². The van der Waals surface area contributed by atoms with E-state index in [2.05, 4.69) is 10.3 Å². The van der Waals surface area contributed by atoms with E-state index in [4.69, 9.17) is 14.9 Å². The zero-order chi connectivity index (χ0) is 18.1. The van der Waals surface area contributed by atoms with Crippen LogP contribution in [-0.4, -0.2) is 30.6 Å². The highest BCUT2D eigenvalue weighted by Gasteiger charge is 2.40. The van der Waals surface area contributed by atoms with Gasteiger partial charge in [0.1, 0.15) is 5.52 Å². The molecule has 2 aromatic rings. The van der Waals surface area contributed by atoms with Gasteiger partial charge >= 0.3 is 0 Å². The Labute approximate surface area is 153 Å². The van der Waals surface area contributed by atoms with Crippen LogP contribution in [0.4, 0.5) is 5.69 Å². The summed E-state index contributed by atoms with van der Waals surface area (Å²) in [6.07, 6.45) is 6.05. The SMILES string of the molecule is COCCc1nc2cc(NC(=O)C3CC4CCCC(C3)C4N)ccc2o1. The van der Waals surface area contributed by atoms with E-state index in [1.54, 1.807) is 7.11 Å². The lowest BCUT2D eigenvalue weighted by Crippen LogP contribution is -2.48. The molecule has 0 aliphatic heterocycles. The third-order valence-electron chi connectivity index (χ3n) is 6.00. The van der Waals surface area contributed by atoms with E-state index in [0.717, 1.165) is 42.5 Å². The number of oxazole rings is 1. The number of anilines is 1. The highest BCUT2D eigenvalue weighted by atomic mass is 16.5. The van der Waals surface area contributed by atoms with Crippen LogP contribution < -0.4 is 11.1 Å². The molecule has 1 amide bonds. The summed E-state index contributed by atoms with van der Waals surface area (Å²) in [7, 11) is 1.66. The number of hydrogen-bond acceptors (Lipinski definition) is 5. The Morgan fingerprint density at radius 2 is 2.12 bits per heavy atom. The van der Waals surface area contributed by atoms with E-state index in [-0.39, 0.29) is 17.9 Å². The lowest BCUT2D eigenvalue weighted by atomic mass is 9.65. The molecule has 2 unspecified atom stereocenters. The third-order valence-corrected chi connectivity index (χ3v) is 6.00. The number of carbonyl (C=O) groups is 1. The van der Waals surface area contributed by atoms with Gasteiger partial charge in [0, 0.05) is 31.2 Å². The number of aromatic nitrogens is 1. The molecule has 3 N–H and O–H groups in total. The predicted octanol–water partition coefficient (Wildman–Crippen LogP) is 3.11. The zero-order valence-electron chi connectivity index (χ0n) is 15.2. The first kappa shape index (κ1) is 17.5. The predicted molar refractivity (Wildman–Crippen MR) is 99.7 cm³/mol. The minimum absolute atomic E-state index is 0.0652. The fourth-order valence-corrected chi connectivity index (χ4v) is 4.60. The molecule has 1 aromatic carbocycles. The molecule has 0 spiro atoms. The first-order chi connectivity index (χ1) is 12.6. The van der Waals surface area contributed by atoms with Crippen LogP contribution in [0, 0.1) is 17.8 Å². The maximum atomic E-state index is 12.8. The van der Waals surface area contributed by atoms with Crippen LogP contribution in [0.5, 0.6) is 0 Å². The van der Waals surface area contributed by atoms with Crippen molar-refractivity contribution >= 4 is 22.7 Å². The Kier molecular flexibility index (Phi) is 4.96. The number of nitrogens with zero attached hydrogens (tertiary/aromatic N) is 1. The smallest absolute Gasteiger partial charge is 0.227 e. The molecule has 0 radical (unpaired) electrons. The number of benzene rings is 1. The van der Waals surface area contributed by atoms with Crippen molar-refractivity contribution in [2.45, 2.75) is 44.6 Å². The van der Waals surface area contributed by atoms with Crippen molar-refractivity contribution in [3.8, 4) is 0 Å². The topological polar surface area (TPSA) is 90.4 Å². The van der Waals surface area contributed by atoms with Crippen LogP contribution in [0.1, 0.15) is 38.0 Å². The third kappa shape index (κ3) is 3.48. The molecule has 2 saturated carbocycles. The van der Waals surface area contributed by atoms with Crippen molar-refractivity contribution in [1.29, 1.82) is 0 Å². The summed E-state index contributed by atoms with van der Waals surface area (Å²) in [4.78, 5) is 17.2. The molecule has 140 valence electrons. The van der Waals surface area contributed by atoms with Crippen molar-refractivity contribution in [3.05, 3.63) is 24.1 Å². The van der Waals surface area contributed by atoms with E-state index < -0.39 is 0 Å². The minimum atomic E-state index is 0.0652. The molecule has 1 heterocycles. The summed E-state index contributed by atoms with van der Waals surface area (Å²) >= 11 is 0. The number of amides is 1. The second kappa shape index (κ2) is 7.37. The van der Waals surface area contributed by atoms with Gasteiger partial charge in [-0.2, -0.15) is 0 Å². The highest BCUT2D eigenvalue weighted by molar-refractivity contribution is 5.94. The van der Waals surface area contributed by atoms with Gasteiger partial charge in [0.05, 0.1) is 6.61 Å². The summed E-state index contributed by atoms with van der Waals surface area (Å²) < 4.78 is 10.7. The molecule has 2 aliphatic rings. The average Bonchev–Trinajstić information content (AvgIpc) is 3.01. The van der Waals surface area contributed by atoms with E-state index in [9.17, 15) is 4.79 Å². The first-order valence-electron chi connectivity index (χ1n) is 9.59. The average molecular weight is 357 g/mol. The number of hydrogen-bond donors (Lipinski definition) is 2. The molecule has 2 aliphatic carbocycles. The Morgan fingerprint density at radius 3 is 2.85 bits per heavy atom. The van der Waals surface area contributed by atoms with E-state index in [0.29, 0.717) is 30.8 Å². The summed E-state index contributed by atoms with van der Waals surface area (Å²) in [5, 5.41) is 3.07. The molecule has 2 atom stereocenters. The largest absolute Gasteiger partial charge is 0.441 e. The number of nitrogens with one attached hydrogen (secondary N) is 1. The Balaban J connectivity index is 1.44. The Bertz CT molecular complexity index is 774. The number of nitrogens with two attached hydrogens (primary N) is 1. The lowest BCUT2D eigenvalue weighted by Gasteiger charge is -2.43. The molecule has 6 nitrogen and oxygen atoms in total. The molecular weight excluding hydrogens is 330 g/mol. The van der Waals surface area contributed by atoms with Crippen molar-refractivity contribution < 1.29 is 13.9 Å². The normalized spacial score (nSPS) is 28.2. The number of ether oxygens (including phenoxy) is 1. The summed E-state index contributed by atoms with van der Waals surface area (Å²) in [5.74, 6) is 1.82. The van der Waals surface area contributed by atoms with E-state index >= 15 is 0 Å². The monoisotopic (exact) mass is 357 g/mol. The van der Waals surface area contributed by atoms with Gasteiger partial charge in [-0.15, -0.1) is 0 Å². The van der Waals surface area contributed by atoms with Crippen LogP contribution >= 0.6 is 0 Å². The molecule has 26 heavy (non-hydrogen) atoms. The number of rotatable bonds is 5. The molecule has 4 rings (SSSR count). The number of methoxy groups -OCH3 is 1. The van der Waals surface area contributed by atoms with Gasteiger partial charge in [-0.25, -0.2) is 4.98 Å². The second-order valence-corrected chi connectivity index (χ2v) is 7.72. The van der Waals surface area contributed by atoms with Crippen LogP contribution in [-0.2, 0) is 16.0 Å². The van der Waals surface area contributed by atoms with Gasteiger partial charge < -0.3 is 20.2 Å². The number of fused-ring (bicyclic) bond motifs is 3. The second-order valence-electron chi connectivity index (χ2n) is 7.72. The summed E-state index contributed by atoms with van der Waals surface area (Å²) in [5.41, 5.74) is 8.60. The molecule has 2 fully saturated rings. The maximum absolute atomic E-state index is 12.8. The van der Waals surface area contributed by atoms with Gasteiger partial charge in [0.15, 0.2) is 11.5 Å². The molecule has 1 aromatic heterocycles. The van der Waals surface area contributed by atoms with E-state index in [1.807, 2.05) is 18.2 Å². The van der Waals surface area contributed by atoms with Gasteiger partial charge in [0.25, 0.3) is 0 Å². The zero-order valence-corrected chi connectivity index (χ0v) is 15.2. The van der Waals surface area contributed by atoms with Gasteiger partial charge in [0.2, 0.25) is 5.91 Å². The van der Waals surface area contributed by atoms with Crippen LogP contribution in [0.15, 0.2) is 22.6 Å². The first-order valence-corrected chi connectivity index (χ1v) is 9.59. The fraction of sp³-hybridized carbons (Fsp3) is 0.600. The Hall–Kier alpha value is -1.92. The van der Waals surface area contributed by atoms with Crippen LogP contribution in [0.25, 0.3) is 11.1 Å². The molecule has 0 saturated heterocycles. The molecule has 6 heteroatoms. The maximum Gasteiger partial charge on any atom is 0.227 e. The van der Waals surface area contributed by atoms with Gasteiger partial charge in [-0.3, -0.25) is 4.79 Å². The lowest BCUT2D eigenvalue weighted by molar-refractivity contribution is -0.122. The number of carbonyl (C=O) groups excluding carboxylic acids is 1. The Morgan fingerprint density at radius 1 is 1.35 bits per heavy atom. The van der Waals surface area contributed by atoms with Crippen LogP contribution in [0.2, 0.25) is 0 Å². The van der Waals surface area contributed by atoms with Crippen LogP contribution in [0.3, 0.4) is 0 Å². The van der Waals surface area contributed by atoms with E-state index in [1.165, 1.54) is 6.42 Å². The standard InChI is InChI=1S/C20H27N3O3/c1-25-8-7-18-23-16-11-15(5-6-17(16)26-18)22-20(24)14-9-12-3-2-4-13(10-14)19(12)21/h5-6,11-14,19H,2-4,7-10,21H2,1H3,(H,22,24). The summed E-state index contributed by atoms with van der Waals surface area (Å²) in [6, 6.07) is 5.90. The fourth-order valence-electron chi connectivity index (χ4n) is 4.60. The van der Waals surface area contributed by atoms with Crippen molar-refractivity contribution in [2.24, 2.45) is 23.5 Å². The van der Waals surface area contributed by atoms with Crippen molar-refractivity contribution in [2.75, 3.05) is 19.0 Å². The summed E-state index contributed by atoms with van der Waals surface area (Å²) in [6.45, 7) is 0.572. The van der Waals surface area contributed by atoms with Gasteiger partial charge in [-0.05, 0) is 55.7 Å². The highest BCUT2D eigenvalue weighted by Crippen LogP contribution is 2.42.